The number of pyridine rings is 3. The highest BCUT2D eigenvalue weighted by molar-refractivity contribution is 6.30. The Bertz CT molecular complexity index is 1190. The number of halogens is 1. The number of hydrogen-bond donors (Lipinski definition) is 2. The highest BCUT2D eigenvalue weighted by atomic mass is 35.5. The minimum Gasteiger partial charge on any atom is -0.487 e. The molecule has 3 aromatic heterocycles. The monoisotopic (exact) mass is 439 g/mol. The van der Waals surface area contributed by atoms with Gasteiger partial charge in [-0.15, -0.1) is 0 Å². The van der Waals surface area contributed by atoms with Crippen molar-refractivity contribution in [3.05, 3.63) is 80.2 Å². The van der Waals surface area contributed by atoms with Crippen LogP contribution in [0.25, 0.3) is 5.69 Å². The van der Waals surface area contributed by atoms with E-state index in [0.29, 0.717) is 28.3 Å². The molecule has 2 N–H and O–H groups in total. The number of nitrogens with one attached hydrogen (secondary N) is 2. The van der Waals surface area contributed by atoms with Crippen molar-refractivity contribution in [2.45, 2.75) is 6.61 Å². The van der Waals surface area contributed by atoms with Gasteiger partial charge in [0.15, 0.2) is 0 Å². The molecule has 8 nitrogen and oxygen atoms in total. The third-order valence-corrected chi connectivity index (χ3v) is 6.15. The Hall–Kier alpha value is -3.10. The average Bonchev–Trinajstić information content (AvgIpc) is 3.36. The van der Waals surface area contributed by atoms with Crippen molar-refractivity contribution in [2.24, 2.45) is 11.8 Å². The molecule has 0 spiro atoms. The van der Waals surface area contributed by atoms with Crippen molar-refractivity contribution < 1.29 is 4.74 Å². The SMILES string of the molecule is O=c1[nH]c(N2CC3CNCC3C2)ccc1-n1ccc(OCc2ccc(Cl)cn2)cc1=O. The van der Waals surface area contributed by atoms with Crippen LogP contribution in [0.4, 0.5) is 5.82 Å². The number of fused-ring (bicyclic) bond motifs is 1. The van der Waals surface area contributed by atoms with E-state index in [0.717, 1.165) is 32.0 Å². The van der Waals surface area contributed by atoms with Gasteiger partial charge in [-0.1, -0.05) is 11.6 Å². The normalized spacial score (nSPS) is 20.1. The molecule has 0 bridgehead atoms. The third-order valence-electron chi connectivity index (χ3n) is 5.93. The number of aromatic nitrogens is 3. The zero-order valence-corrected chi connectivity index (χ0v) is 17.5. The Labute approximate surface area is 183 Å². The molecule has 0 amide bonds. The van der Waals surface area contributed by atoms with Crippen LogP contribution in [0.15, 0.2) is 58.4 Å². The molecule has 2 saturated heterocycles. The molecular weight excluding hydrogens is 418 g/mol. The molecule has 160 valence electrons. The zero-order chi connectivity index (χ0) is 21.4. The quantitative estimate of drug-likeness (QED) is 0.630. The maximum absolute atomic E-state index is 12.7. The van der Waals surface area contributed by atoms with Crippen LogP contribution in [0.2, 0.25) is 5.02 Å². The summed E-state index contributed by atoms with van der Waals surface area (Å²) in [6.07, 6.45) is 3.09. The average molecular weight is 440 g/mol. The molecule has 3 aromatic rings. The van der Waals surface area contributed by atoms with E-state index in [1.807, 2.05) is 6.07 Å². The molecule has 5 rings (SSSR count). The molecule has 31 heavy (non-hydrogen) atoms. The first-order valence-corrected chi connectivity index (χ1v) is 10.6. The number of ether oxygens (including phenoxy) is 1. The van der Waals surface area contributed by atoms with Gasteiger partial charge in [0.05, 0.1) is 10.7 Å². The number of aromatic amines is 1. The van der Waals surface area contributed by atoms with Gasteiger partial charge in [-0.3, -0.25) is 19.1 Å². The van der Waals surface area contributed by atoms with Crippen molar-refractivity contribution in [1.82, 2.24) is 19.9 Å². The minimum atomic E-state index is -0.346. The van der Waals surface area contributed by atoms with E-state index < -0.39 is 0 Å². The topological polar surface area (TPSA) is 92.2 Å². The van der Waals surface area contributed by atoms with Crippen molar-refractivity contribution in [3.63, 3.8) is 0 Å². The predicted molar refractivity (Wildman–Crippen MR) is 118 cm³/mol. The van der Waals surface area contributed by atoms with Gasteiger partial charge in [0.2, 0.25) is 0 Å². The van der Waals surface area contributed by atoms with Gasteiger partial charge < -0.3 is 19.9 Å². The lowest BCUT2D eigenvalue weighted by atomic mass is 10.0. The molecule has 0 saturated carbocycles. The molecule has 9 heteroatoms. The minimum absolute atomic E-state index is 0.212. The Morgan fingerprint density at radius 3 is 2.58 bits per heavy atom. The zero-order valence-electron chi connectivity index (χ0n) is 16.8. The van der Waals surface area contributed by atoms with E-state index in [4.69, 9.17) is 16.3 Å². The summed E-state index contributed by atoms with van der Waals surface area (Å²) < 4.78 is 6.96. The number of hydrogen-bond acceptors (Lipinski definition) is 6. The van der Waals surface area contributed by atoms with Crippen molar-refractivity contribution in [1.29, 1.82) is 0 Å². The van der Waals surface area contributed by atoms with Crippen LogP contribution in [0.5, 0.6) is 5.75 Å². The molecule has 0 radical (unpaired) electrons. The third kappa shape index (κ3) is 4.08. The van der Waals surface area contributed by atoms with Crippen LogP contribution in [0, 0.1) is 11.8 Å². The number of H-pyrrole nitrogens is 1. The fourth-order valence-electron chi connectivity index (χ4n) is 4.28. The Kier molecular flexibility index (Phi) is 5.25. The Balaban J connectivity index is 1.31. The summed E-state index contributed by atoms with van der Waals surface area (Å²) in [4.78, 5) is 34.6. The van der Waals surface area contributed by atoms with E-state index in [1.54, 1.807) is 36.7 Å². The molecule has 5 heterocycles. The van der Waals surface area contributed by atoms with E-state index in [-0.39, 0.29) is 23.4 Å². The fraction of sp³-hybridized carbons (Fsp3) is 0.318. The van der Waals surface area contributed by atoms with Gasteiger partial charge >= 0.3 is 0 Å². The van der Waals surface area contributed by atoms with Crippen LogP contribution in [0.3, 0.4) is 0 Å². The van der Waals surface area contributed by atoms with Crippen LogP contribution in [0.1, 0.15) is 5.69 Å². The van der Waals surface area contributed by atoms with Crippen LogP contribution < -0.4 is 26.1 Å². The largest absolute Gasteiger partial charge is 0.487 e. The lowest BCUT2D eigenvalue weighted by molar-refractivity contribution is 0.300. The predicted octanol–water partition coefficient (Wildman–Crippen LogP) is 1.81. The molecule has 2 aliphatic heterocycles. The van der Waals surface area contributed by atoms with Gasteiger partial charge in [-0.2, -0.15) is 0 Å². The molecular formula is C22H22ClN5O3. The summed E-state index contributed by atoms with van der Waals surface area (Å²) in [5.74, 6) is 2.46. The highest BCUT2D eigenvalue weighted by Crippen LogP contribution is 2.29. The summed E-state index contributed by atoms with van der Waals surface area (Å²) in [5.41, 5.74) is 0.332. The summed E-state index contributed by atoms with van der Waals surface area (Å²) in [7, 11) is 0. The first kappa shape index (κ1) is 19.8. The fourth-order valence-corrected chi connectivity index (χ4v) is 4.39. The first-order chi connectivity index (χ1) is 15.1. The maximum Gasteiger partial charge on any atom is 0.273 e. The molecule has 0 aromatic carbocycles. The summed E-state index contributed by atoms with van der Waals surface area (Å²) >= 11 is 5.83. The molecule has 2 atom stereocenters. The maximum atomic E-state index is 12.7. The Morgan fingerprint density at radius 2 is 1.90 bits per heavy atom. The lowest BCUT2D eigenvalue weighted by Gasteiger charge is -2.19. The van der Waals surface area contributed by atoms with E-state index >= 15 is 0 Å². The van der Waals surface area contributed by atoms with Gasteiger partial charge in [-0.25, -0.2) is 0 Å². The van der Waals surface area contributed by atoms with Crippen LogP contribution >= 0.6 is 11.6 Å². The first-order valence-electron chi connectivity index (χ1n) is 10.2. The van der Waals surface area contributed by atoms with E-state index in [9.17, 15) is 9.59 Å². The van der Waals surface area contributed by atoms with Gasteiger partial charge in [0.25, 0.3) is 11.1 Å². The van der Waals surface area contributed by atoms with Crippen molar-refractivity contribution in [3.8, 4) is 11.4 Å². The van der Waals surface area contributed by atoms with Gasteiger partial charge in [0, 0.05) is 44.6 Å². The lowest BCUT2D eigenvalue weighted by Crippen LogP contribution is -2.29. The highest BCUT2D eigenvalue weighted by Gasteiger charge is 2.36. The van der Waals surface area contributed by atoms with Gasteiger partial charge in [0.1, 0.15) is 23.9 Å². The van der Waals surface area contributed by atoms with E-state index in [1.165, 1.54) is 10.6 Å². The summed E-state index contributed by atoms with van der Waals surface area (Å²) in [5, 5.41) is 3.96. The number of nitrogens with zero attached hydrogens (tertiary/aromatic N) is 3. The van der Waals surface area contributed by atoms with Crippen LogP contribution in [-0.2, 0) is 6.61 Å². The second kappa shape index (κ2) is 8.20. The molecule has 2 unspecified atom stereocenters. The van der Waals surface area contributed by atoms with Gasteiger partial charge in [-0.05, 0) is 42.2 Å². The molecule has 2 fully saturated rings. The molecule has 0 aliphatic carbocycles. The van der Waals surface area contributed by atoms with Crippen LogP contribution in [-0.4, -0.2) is 40.7 Å². The number of rotatable bonds is 5. The number of anilines is 1. The molecule has 2 aliphatic rings. The van der Waals surface area contributed by atoms with Crippen molar-refractivity contribution in [2.75, 3.05) is 31.1 Å². The van der Waals surface area contributed by atoms with Crippen molar-refractivity contribution >= 4 is 17.4 Å². The smallest absolute Gasteiger partial charge is 0.273 e. The summed E-state index contributed by atoms with van der Waals surface area (Å²) in [6, 6.07) is 10.1. The second-order valence-corrected chi connectivity index (χ2v) is 8.40. The Morgan fingerprint density at radius 1 is 1.10 bits per heavy atom. The summed E-state index contributed by atoms with van der Waals surface area (Å²) in [6.45, 7) is 4.13. The van der Waals surface area contributed by atoms with E-state index in [2.05, 4.69) is 20.2 Å². The standard InChI is InChI=1S/C22H22ClN5O3/c23-16-1-2-17(25-10-16)13-31-18-5-6-28(21(29)7-18)19-3-4-20(26-22(19)30)27-11-14-8-24-9-15(14)12-27/h1-7,10,14-15,24H,8-9,11-13H2,(H,26,30). The second-order valence-electron chi connectivity index (χ2n) is 7.97.